The number of ether oxygens (including phenoxy) is 1. The van der Waals surface area contributed by atoms with Crippen LogP contribution in [-0.4, -0.2) is 54.4 Å². The summed E-state index contributed by atoms with van der Waals surface area (Å²) in [5, 5.41) is 0. The number of amides is 2. The number of benzene rings is 2. The molecule has 0 unspecified atom stereocenters. The van der Waals surface area contributed by atoms with Crippen LogP contribution < -0.4 is 4.74 Å². The minimum absolute atomic E-state index is 0.0471. The van der Waals surface area contributed by atoms with Crippen molar-refractivity contribution < 1.29 is 23.1 Å². The van der Waals surface area contributed by atoms with Crippen LogP contribution in [0.2, 0.25) is 0 Å². The molecule has 2 saturated heterocycles. The van der Waals surface area contributed by atoms with Crippen LogP contribution in [0.15, 0.2) is 42.5 Å². The molecule has 7 heteroatoms. The molecule has 0 spiro atoms. The van der Waals surface area contributed by atoms with Crippen LogP contribution in [-0.2, 0) is 0 Å². The van der Waals surface area contributed by atoms with Gasteiger partial charge in [0.1, 0.15) is 22.9 Å². The van der Waals surface area contributed by atoms with E-state index < -0.39 is 23.1 Å². The highest BCUT2D eigenvalue weighted by Gasteiger charge is 2.28. The Morgan fingerprint density at radius 2 is 1.52 bits per heavy atom. The number of likely N-dealkylation sites (tertiary alicyclic amines) is 2. The lowest BCUT2D eigenvalue weighted by Gasteiger charge is -2.32. The van der Waals surface area contributed by atoms with E-state index in [4.69, 9.17) is 4.74 Å². The first-order chi connectivity index (χ1) is 15.0. The van der Waals surface area contributed by atoms with Crippen molar-refractivity contribution in [3.63, 3.8) is 0 Å². The van der Waals surface area contributed by atoms with Crippen molar-refractivity contribution in [3.05, 3.63) is 65.2 Å². The molecule has 31 heavy (non-hydrogen) atoms. The molecule has 2 aliphatic rings. The largest absolute Gasteiger partial charge is 0.493 e. The van der Waals surface area contributed by atoms with E-state index in [-0.39, 0.29) is 11.8 Å². The summed E-state index contributed by atoms with van der Waals surface area (Å²) in [5.74, 6) is -1.53. The summed E-state index contributed by atoms with van der Waals surface area (Å²) in [7, 11) is 0. The molecule has 2 amide bonds. The summed E-state index contributed by atoms with van der Waals surface area (Å²) in [4.78, 5) is 28.4. The van der Waals surface area contributed by atoms with Gasteiger partial charge in [-0.1, -0.05) is 6.07 Å². The molecule has 2 aliphatic heterocycles. The summed E-state index contributed by atoms with van der Waals surface area (Å²) in [5.41, 5.74) is 0.151. The highest BCUT2D eigenvalue weighted by atomic mass is 19.1. The molecule has 0 bridgehead atoms. The molecule has 2 heterocycles. The van der Waals surface area contributed by atoms with Gasteiger partial charge in [0.2, 0.25) is 0 Å². The average Bonchev–Trinajstić information content (AvgIpc) is 3.32. The van der Waals surface area contributed by atoms with Crippen LogP contribution in [0, 0.1) is 17.6 Å². The molecular formula is C24H26F2N2O3. The number of piperidine rings is 1. The van der Waals surface area contributed by atoms with E-state index in [1.165, 1.54) is 11.0 Å². The molecule has 0 radical (unpaired) electrons. The van der Waals surface area contributed by atoms with Gasteiger partial charge in [-0.05, 0) is 62.1 Å². The fourth-order valence-corrected chi connectivity index (χ4v) is 4.26. The second-order valence-corrected chi connectivity index (χ2v) is 8.19. The first-order valence-corrected chi connectivity index (χ1v) is 10.8. The smallest absolute Gasteiger partial charge is 0.259 e. The lowest BCUT2D eigenvalue weighted by Crippen LogP contribution is -2.42. The topological polar surface area (TPSA) is 49.9 Å². The molecule has 0 aliphatic carbocycles. The van der Waals surface area contributed by atoms with E-state index in [0.29, 0.717) is 31.0 Å². The number of halogens is 2. The Bertz CT molecular complexity index is 922. The highest BCUT2D eigenvalue weighted by Crippen LogP contribution is 2.23. The third-order valence-corrected chi connectivity index (χ3v) is 5.96. The van der Waals surface area contributed by atoms with Crippen LogP contribution in [0.25, 0.3) is 0 Å². The molecule has 4 rings (SSSR count). The minimum Gasteiger partial charge on any atom is -0.493 e. The van der Waals surface area contributed by atoms with E-state index in [1.54, 1.807) is 24.3 Å². The van der Waals surface area contributed by atoms with Gasteiger partial charge in [0.15, 0.2) is 0 Å². The summed E-state index contributed by atoms with van der Waals surface area (Å²) in [6.07, 6.45) is 3.73. The standard InChI is InChI=1S/C24H26F2N2O3/c25-20-6-3-7-21(26)22(20)24(30)28-14-4-5-17(15-28)16-31-19-10-8-18(9-11-19)23(29)27-12-1-2-13-27/h3,6-11,17H,1-2,4-5,12-16H2/t17-/m0/s1. The van der Waals surface area contributed by atoms with Gasteiger partial charge in [-0.15, -0.1) is 0 Å². The van der Waals surface area contributed by atoms with Gasteiger partial charge in [0, 0.05) is 37.7 Å². The first kappa shape index (κ1) is 21.3. The normalized spacial score (nSPS) is 18.8. The van der Waals surface area contributed by atoms with Crippen LogP contribution >= 0.6 is 0 Å². The zero-order valence-electron chi connectivity index (χ0n) is 17.4. The Kier molecular flexibility index (Phi) is 6.49. The molecule has 0 N–H and O–H groups in total. The first-order valence-electron chi connectivity index (χ1n) is 10.8. The van der Waals surface area contributed by atoms with Gasteiger partial charge in [-0.2, -0.15) is 0 Å². The van der Waals surface area contributed by atoms with Crippen molar-refractivity contribution in [1.29, 1.82) is 0 Å². The van der Waals surface area contributed by atoms with Crippen LogP contribution in [0.5, 0.6) is 5.75 Å². The van der Waals surface area contributed by atoms with Gasteiger partial charge in [0.05, 0.1) is 6.61 Å². The number of rotatable bonds is 5. The fraction of sp³-hybridized carbons (Fsp3) is 0.417. The van der Waals surface area contributed by atoms with Gasteiger partial charge in [-0.25, -0.2) is 8.78 Å². The molecule has 1 atom stereocenters. The van der Waals surface area contributed by atoms with Gasteiger partial charge < -0.3 is 14.5 Å². The number of carbonyl (C=O) groups is 2. The van der Waals surface area contributed by atoms with Crippen LogP contribution in [0.1, 0.15) is 46.4 Å². The van der Waals surface area contributed by atoms with Crippen LogP contribution in [0.4, 0.5) is 8.78 Å². The lowest BCUT2D eigenvalue weighted by atomic mass is 9.98. The Hall–Kier alpha value is -2.96. The zero-order chi connectivity index (χ0) is 21.8. The van der Waals surface area contributed by atoms with E-state index >= 15 is 0 Å². The second kappa shape index (κ2) is 9.45. The number of nitrogens with zero attached hydrogens (tertiary/aromatic N) is 2. The maximum atomic E-state index is 14.0. The maximum Gasteiger partial charge on any atom is 0.259 e. The Morgan fingerprint density at radius 3 is 2.19 bits per heavy atom. The quantitative estimate of drug-likeness (QED) is 0.720. The van der Waals surface area contributed by atoms with Crippen molar-refractivity contribution in [2.75, 3.05) is 32.8 Å². The van der Waals surface area contributed by atoms with E-state index in [2.05, 4.69) is 0 Å². The molecule has 164 valence electrons. The molecule has 5 nitrogen and oxygen atoms in total. The van der Waals surface area contributed by atoms with Crippen molar-refractivity contribution in [2.24, 2.45) is 5.92 Å². The zero-order valence-corrected chi connectivity index (χ0v) is 17.4. The monoisotopic (exact) mass is 428 g/mol. The minimum atomic E-state index is -0.841. The van der Waals surface area contributed by atoms with Gasteiger partial charge in [-0.3, -0.25) is 9.59 Å². The SMILES string of the molecule is O=C(c1ccc(OC[C@H]2CCCN(C(=O)c3c(F)cccc3F)C2)cc1)N1CCCC1. The summed E-state index contributed by atoms with van der Waals surface area (Å²) in [6, 6.07) is 10.5. The third kappa shape index (κ3) is 4.86. The predicted octanol–water partition coefficient (Wildman–Crippen LogP) is 4.13. The third-order valence-electron chi connectivity index (χ3n) is 5.96. The number of hydrogen-bond acceptors (Lipinski definition) is 3. The maximum absolute atomic E-state index is 14.0. The molecule has 0 saturated carbocycles. The van der Waals surface area contributed by atoms with Crippen molar-refractivity contribution in [1.82, 2.24) is 9.80 Å². The highest BCUT2D eigenvalue weighted by molar-refractivity contribution is 5.95. The molecule has 0 aromatic heterocycles. The summed E-state index contributed by atoms with van der Waals surface area (Å²) in [6.45, 7) is 2.87. The lowest BCUT2D eigenvalue weighted by molar-refractivity contribution is 0.0623. The Balaban J connectivity index is 1.32. The fourth-order valence-electron chi connectivity index (χ4n) is 4.26. The average molecular weight is 428 g/mol. The second-order valence-electron chi connectivity index (χ2n) is 8.19. The van der Waals surface area contributed by atoms with E-state index in [0.717, 1.165) is 50.9 Å². The van der Waals surface area contributed by atoms with Crippen molar-refractivity contribution in [2.45, 2.75) is 25.7 Å². The predicted molar refractivity (Wildman–Crippen MR) is 112 cm³/mol. The molecule has 2 fully saturated rings. The van der Waals surface area contributed by atoms with Crippen molar-refractivity contribution in [3.8, 4) is 5.75 Å². The number of carbonyl (C=O) groups excluding carboxylic acids is 2. The number of hydrogen-bond donors (Lipinski definition) is 0. The van der Waals surface area contributed by atoms with Gasteiger partial charge in [0.25, 0.3) is 11.8 Å². The van der Waals surface area contributed by atoms with E-state index in [9.17, 15) is 18.4 Å². The van der Waals surface area contributed by atoms with Gasteiger partial charge >= 0.3 is 0 Å². The molecule has 2 aromatic carbocycles. The molecule has 2 aromatic rings. The van der Waals surface area contributed by atoms with Crippen molar-refractivity contribution >= 4 is 11.8 Å². The Labute approximate surface area is 180 Å². The van der Waals surface area contributed by atoms with E-state index in [1.807, 2.05) is 4.90 Å². The van der Waals surface area contributed by atoms with Crippen LogP contribution in [0.3, 0.4) is 0 Å². The Morgan fingerprint density at radius 1 is 0.871 bits per heavy atom. The molecular weight excluding hydrogens is 402 g/mol. The summed E-state index contributed by atoms with van der Waals surface area (Å²) < 4.78 is 33.8. The summed E-state index contributed by atoms with van der Waals surface area (Å²) >= 11 is 0.